The number of carbonyl (C=O) groups excluding carboxylic acids is 1. The number of fused-ring (bicyclic) bond motifs is 4. The Kier molecular flexibility index (Phi) is 8.91. The molecule has 5 heterocycles. The van der Waals surface area contributed by atoms with Gasteiger partial charge in [0.05, 0.1) is 11.4 Å². The summed E-state index contributed by atoms with van der Waals surface area (Å²) in [5.41, 5.74) is 12.7. The molecule has 1 amide bonds. The number of nitrogens with one attached hydrogen (secondary N) is 2. The first-order chi connectivity index (χ1) is 22.6. The van der Waals surface area contributed by atoms with Crippen molar-refractivity contribution in [3.8, 4) is 5.75 Å². The Balaban J connectivity index is 1.37. The summed E-state index contributed by atoms with van der Waals surface area (Å²) >= 11 is 0. The van der Waals surface area contributed by atoms with Crippen molar-refractivity contribution >= 4 is 17.3 Å². The van der Waals surface area contributed by atoms with E-state index < -0.39 is 5.54 Å². The number of benzene rings is 2. The lowest BCUT2D eigenvalue weighted by Crippen LogP contribution is -2.51. The van der Waals surface area contributed by atoms with Gasteiger partial charge in [0, 0.05) is 73.9 Å². The predicted molar refractivity (Wildman–Crippen MR) is 185 cm³/mol. The van der Waals surface area contributed by atoms with E-state index in [1.807, 2.05) is 24.4 Å². The number of anilines is 2. The second kappa shape index (κ2) is 13.4. The molecule has 0 radical (unpaired) electrons. The summed E-state index contributed by atoms with van der Waals surface area (Å²) in [5.74, 6) is 1.69. The van der Waals surface area contributed by atoms with Gasteiger partial charge in [-0.2, -0.15) is 0 Å². The van der Waals surface area contributed by atoms with E-state index in [1.54, 1.807) is 0 Å². The molecular formula is C38H48N6O2. The molecule has 4 N–H and O–H groups in total. The summed E-state index contributed by atoms with van der Waals surface area (Å²) in [5, 5.41) is 3.57. The van der Waals surface area contributed by atoms with Crippen molar-refractivity contribution in [1.29, 1.82) is 0 Å². The molecule has 1 spiro atoms. The Morgan fingerprint density at radius 1 is 0.957 bits per heavy atom. The molecule has 4 aliphatic heterocycles. The second-order valence-corrected chi connectivity index (χ2v) is 13.1. The second-order valence-electron chi connectivity index (χ2n) is 13.1. The summed E-state index contributed by atoms with van der Waals surface area (Å²) in [6.45, 7) is 9.06. The quantitative estimate of drug-likeness (QED) is 0.196. The van der Waals surface area contributed by atoms with Gasteiger partial charge in [0.15, 0.2) is 0 Å². The van der Waals surface area contributed by atoms with Gasteiger partial charge in [-0.25, -0.2) is 0 Å². The maximum atomic E-state index is 14.5. The Bertz CT molecular complexity index is 1600. The molecule has 4 aliphatic rings. The van der Waals surface area contributed by atoms with E-state index in [9.17, 15) is 4.79 Å². The van der Waals surface area contributed by atoms with E-state index in [1.165, 1.54) is 25.7 Å². The molecular weight excluding hydrogens is 572 g/mol. The highest BCUT2D eigenvalue weighted by atomic mass is 16.5. The number of amides is 1. The molecule has 0 aliphatic carbocycles. The molecule has 0 bridgehead atoms. The van der Waals surface area contributed by atoms with Crippen LogP contribution in [0, 0.1) is 0 Å². The smallest absolute Gasteiger partial charge is 0.255 e. The van der Waals surface area contributed by atoms with Gasteiger partial charge in [-0.3, -0.25) is 9.69 Å². The maximum absolute atomic E-state index is 14.5. The average Bonchev–Trinajstić information content (AvgIpc) is 3.70. The van der Waals surface area contributed by atoms with Crippen molar-refractivity contribution < 1.29 is 9.53 Å². The van der Waals surface area contributed by atoms with Crippen LogP contribution >= 0.6 is 0 Å². The molecule has 1 atom stereocenters. The number of carbonyl (C=O) groups is 1. The summed E-state index contributed by atoms with van der Waals surface area (Å²) in [7, 11) is 0. The SMILES string of the molecule is CC/C=C1\C(=C/CN2CCCCC2)Oc2cc(N3CCCCC3)c(N)cc2C12c1ccccc1C(=O)N2CCNCc1ccc[nH]1. The van der Waals surface area contributed by atoms with Crippen molar-refractivity contribution in [2.45, 2.75) is 64.0 Å². The third-order valence-electron chi connectivity index (χ3n) is 10.2. The number of nitrogens with two attached hydrogens (primary N) is 1. The first kappa shape index (κ1) is 30.6. The minimum absolute atomic E-state index is 0.0428. The number of likely N-dealkylation sites (tertiary alicyclic amines) is 1. The topological polar surface area (TPSA) is 89.9 Å². The summed E-state index contributed by atoms with van der Waals surface area (Å²) in [6, 6.07) is 16.5. The highest BCUT2D eigenvalue weighted by Crippen LogP contribution is 2.57. The van der Waals surface area contributed by atoms with Gasteiger partial charge in [0.1, 0.15) is 17.0 Å². The number of allylic oxidation sites excluding steroid dienone is 1. The van der Waals surface area contributed by atoms with E-state index in [2.05, 4.69) is 74.4 Å². The normalized spacial score (nSPS) is 23.3. The number of aromatic nitrogens is 1. The number of hydrogen-bond acceptors (Lipinski definition) is 6. The third kappa shape index (κ3) is 5.52. The standard InChI is InChI=1S/C38H48N6O2/c1-2-12-31-35(16-23-42-19-7-3-8-20-42)46-36-26-34(43-21-9-4-10-22-43)33(39)25-32(36)38(31)30-15-6-5-14-29(30)37(45)44(38)24-18-40-27-28-13-11-17-41-28/h5-6,11-17,25-26,40-41H,2-4,7-10,18-24,27,39H2,1H3/b31-12+,35-16+. The van der Waals surface area contributed by atoms with E-state index in [0.29, 0.717) is 19.6 Å². The van der Waals surface area contributed by atoms with Gasteiger partial charge in [-0.05, 0) is 87.5 Å². The van der Waals surface area contributed by atoms with Gasteiger partial charge in [-0.15, -0.1) is 0 Å². The summed E-state index contributed by atoms with van der Waals surface area (Å²) in [4.78, 5) is 24.8. The van der Waals surface area contributed by atoms with E-state index in [-0.39, 0.29) is 5.91 Å². The van der Waals surface area contributed by atoms with Crippen molar-refractivity contribution in [2.24, 2.45) is 0 Å². The van der Waals surface area contributed by atoms with Crippen LogP contribution in [0.3, 0.4) is 0 Å². The number of hydrogen-bond donors (Lipinski definition) is 3. The van der Waals surface area contributed by atoms with Crippen LogP contribution in [0.25, 0.3) is 0 Å². The molecule has 2 fully saturated rings. The zero-order chi connectivity index (χ0) is 31.5. The van der Waals surface area contributed by atoms with Crippen LogP contribution in [-0.4, -0.2) is 66.5 Å². The molecule has 0 saturated carbocycles. The van der Waals surface area contributed by atoms with Crippen LogP contribution < -0.4 is 20.7 Å². The molecule has 242 valence electrons. The lowest BCUT2D eigenvalue weighted by atomic mass is 9.73. The zero-order valence-corrected chi connectivity index (χ0v) is 27.2. The molecule has 8 nitrogen and oxygen atoms in total. The molecule has 46 heavy (non-hydrogen) atoms. The number of nitrogens with zero attached hydrogens (tertiary/aromatic N) is 3. The number of ether oxygens (including phenoxy) is 1. The Hall–Kier alpha value is -4.01. The maximum Gasteiger partial charge on any atom is 0.255 e. The van der Waals surface area contributed by atoms with Crippen molar-refractivity contribution in [1.82, 2.24) is 20.1 Å². The van der Waals surface area contributed by atoms with Crippen LogP contribution in [0.2, 0.25) is 0 Å². The molecule has 1 unspecified atom stereocenters. The molecule has 2 aromatic carbocycles. The highest BCUT2D eigenvalue weighted by molar-refractivity contribution is 6.02. The minimum Gasteiger partial charge on any atom is -0.457 e. The fourth-order valence-electron chi connectivity index (χ4n) is 7.99. The van der Waals surface area contributed by atoms with Gasteiger partial charge >= 0.3 is 0 Å². The van der Waals surface area contributed by atoms with Crippen LogP contribution in [0.1, 0.15) is 79.0 Å². The van der Waals surface area contributed by atoms with Crippen molar-refractivity contribution in [3.63, 3.8) is 0 Å². The van der Waals surface area contributed by atoms with Crippen molar-refractivity contribution in [3.05, 3.63) is 101 Å². The molecule has 3 aromatic rings. The van der Waals surface area contributed by atoms with Gasteiger partial charge in [0.25, 0.3) is 5.91 Å². The Labute approximate surface area is 273 Å². The summed E-state index contributed by atoms with van der Waals surface area (Å²) in [6.07, 6.45) is 14.6. The van der Waals surface area contributed by atoms with Gasteiger partial charge in [-0.1, -0.05) is 37.6 Å². The monoisotopic (exact) mass is 620 g/mol. The van der Waals surface area contributed by atoms with Crippen LogP contribution in [0.5, 0.6) is 5.75 Å². The van der Waals surface area contributed by atoms with Crippen LogP contribution in [0.15, 0.2) is 78.2 Å². The number of H-pyrrole nitrogens is 1. The van der Waals surface area contributed by atoms with Gasteiger partial charge < -0.3 is 30.6 Å². The van der Waals surface area contributed by atoms with Crippen LogP contribution in [-0.2, 0) is 12.1 Å². The Morgan fingerprint density at radius 2 is 1.74 bits per heavy atom. The van der Waals surface area contributed by atoms with Gasteiger partial charge in [0.2, 0.25) is 0 Å². The number of rotatable bonds is 9. The fraction of sp³-hybridized carbons (Fsp3) is 0.447. The third-order valence-corrected chi connectivity index (χ3v) is 10.2. The lowest BCUT2D eigenvalue weighted by molar-refractivity contribution is 0.0657. The molecule has 1 aromatic heterocycles. The first-order valence-corrected chi connectivity index (χ1v) is 17.4. The molecule has 7 rings (SSSR count). The minimum atomic E-state index is -0.854. The fourth-order valence-corrected chi connectivity index (χ4v) is 7.99. The number of aromatic amines is 1. The average molecular weight is 621 g/mol. The zero-order valence-electron chi connectivity index (χ0n) is 27.2. The number of nitrogen functional groups attached to an aromatic ring is 1. The van der Waals surface area contributed by atoms with E-state index >= 15 is 0 Å². The predicted octanol–water partition coefficient (Wildman–Crippen LogP) is 6.18. The lowest BCUT2D eigenvalue weighted by Gasteiger charge is -2.46. The Morgan fingerprint density at radius 3 is 2.50 bits per heavy atom. The van der Waals surface area contributed by atoms with E-state index in [0.717, 1.165) is 103 Å². The highest BCUT2D eigenvalue weighted by Gasteiger charge is 2.57. The van der Waals surface area contributed by atoms with Crippen LogP contribution in [0.4, 0.5) is 11.4 Å². The summed E-state index contributed by atoms with van der Waals surface area (Å²) < 4.78 is 6.96. The molecule has 2 saturated heterocycles. The molecule has 8 heteroatoms. The van der Waals surface area contributed by atoms with E-state index in [4.69, 9.17) is 10.5 Å². The first-order valence-electron chi connectivity index (χ1n) is 17.4. The number of piperidine rings is 2. The van der Waals surface area contributed by atoms with Crippen molar-refractivity contribution in [2.75, 3.05) is 56.4 Å². The largest absolute Gasteiger partial charge is 0.457 e.